The Morgan fingerprint density at radius 2 is 2.11 bits per heavy atom. The molecule has 2 heterocycles. The van der Waals surface area contributed by atoms with Gasteiger partial charge in [-0.3, -0.25) is 10.1 Å². The topological polar surface area (TPSA) is 95.0 Å². The van der Waals surface area contributed by atoms with E-state index in [1.54, 1.807) is 0 Å². The molecule has 0 aliphatic carbocycles. The summed E-state index contributed by atoms with van der Waals surface area (Å²) >= 11 is 0.986. The standard InChI is InChI=1S/C11H12N4O3S/c1-11(2,3)9-13-14-10(18-9)19-8-7(15(16)17)5-4-6-12-8/h4-6H,1-3H3. The number of aromatic nitrogens is 3. The van der Waals surface area contributed by atoms with Crippen molar-refractivity contribution in [3.05, 3.63) is 34.3 Å². The highest BCUT2D eigenvalue weighted by Crippen LogP contribution is 2.33. The van der Waals surface area contributed by atoms with E-state index < -0.39 is 4.92 Å². The summed E-state index contributed by atoms with van der Waals surface area (Å²) in [6.45, 7) is 5.83. The van der Waals surface area contributed by atoms with Gasteiger partial charge in [-0.05, 0) is 17.8 Å². The highest BCUT2D eigenvalue weighted by Gasteiger charge is 2.23. The van der Waals surface area contributed by atoms with Gasteiger partial charge in [-0.15, -0.1) is 10.2 Å². The van der Waals surface area contributed by atoms with Crippen LogP contribution in [0.5, 0.6) is 0 Å². The minimum atomic E-state index is -0.490. The Kier molecular flexibility index (Phi) is 3.52. The maximum Gasteiger partial charge on any atom is 0.301 e. The van der Waals surface area contributed by atoms with Crippen LogP contribution in [-0.4, -0.2) is 20.1 Å². The van der Waals surface area contributed by atoms with Crippen LogP contribution in [0.1, 0.15) is 26.7 Å². The summed E-state index contributed by atoms with van der Waals surface area (Å²) in [5, 5.41) is 19.1. The van der Waals surface area contributed by atoms with E-state index >= 15 is 0 Å². The molecule has 2 aromatic rings. The minimum absolute atomic E-state index is 0.0805. The van der Waals surface area contributed by atoms with Crippen molar-refractivity contribution in [3.8, 4) is 0 Å². The maximum absolute atomic E-state index is 10.9. The van der Waals surface area contributed by atoms with E-state index in [-0.39, 0.29) is 21.4 Å². The van der Waals surface area contributed by atoms with E-state index in [4.69, 9.17) is 4.42 Å². The first-order valence-electron chi connectivity index (χ1n) is 5.49. The van der Waals surface area contributed by atoms with E-state index in [1.165, 1.54) is 18.3 Å². The third-order valence-corrected chi connectivity index (χ3v) is 3.03. The van der Waals surface area contributed by atoms with Gasteiger partial charge < -0.3 is 4.42 Å². The summed E-state index contributed by atoms with van der Waals surface area (Å²) in [5.41, 5.74) is -0.343. The highest BCUT2D eigenvalue weighted by atomic mass is 32.2. The number of hydrogen-bond donors (Lipinski definition) is 0. The molecule has 0 radical (unpaired) electrons. The van der Waals surface area contributed by atoms with Crippen LogP contribution in [0.3, 0.4) is 0 Å². The molecule has 7 nitrogen and oxygen atoms in total. The molecule has 0 fully saturated rings. The van der Waals surface area contributed by atoms with Gasteiger partial charge in [-0.2, -0.15) is 0 Å². The van der Waals surface area contributed by atoms with E-state index in [1.807, 2.05) is 20.8 Å². The summed E-state index contributed by atoms with van der Waals surface area (Å²) in [7, 11) is 0. The zero-order chi connectivity index (χ0) is 14.0. The third kappa shape index (κ3) is 3.08. The fourth-order valence-electron chi connectivity index (χ4n) is 1.24. The van der Waals surface area contributed by atoms with Crippen LogP contribution in [-0.2, 0) is 5.41 Å². The van der Waals surface area contributed by atoms with Crippen LogP contribution in [0.4, 0.5) is 5.69 Å². The summed E-state index contributed by atoms with van der Waals surface area (Å²) < 4.78 is 5.46. The third-order valence-electron chi connectivity index (χ3n) is 2.18. The normalized spacial score (nSPS) is 11.5. The first kappa shape index (κ1) is 13.5. The molecule has 0 saturated carbocycles. The van der Waals surface area contributed by atoms with Crippen molar-refractivity contribution in [2.24, 2.45) is 0 Å². The van der Waals surface area contributed by atoms with Gasteiger partial charge in [0.2, 0.25) is 5.89 Å². The zero-order valence-corrected chi connectivity index (χ0v) is 11.5. The molecule has 19 heavy (non-hydrogen) atoms. The van der Waals surface area contributed by atoms with Crippen LogP contribution >= 0.6 is 11.8 Å². The lowest BCUT2D eigenvalue weighted by Crippen LogP contribution is -2.11. The molecular weight excluding hydrogens is 268 g/mol. The predicted octanol–water partition coefficient (Wildman–Crippen LogP) is 2.82. The van der Waals surface area contributed by atoms with Crippen LogP contribution < -0.4 is 0 Å². The number of nitro groups is 1. The Labute approximate surface area is 113 Å². The van der Waals surface area contributed by atoms with Gasteiger partial charge in [0, 0.05) is 17.7 Å². The van der Waals surface area contributed by atoms with Gasteiger partial charge in [0.05, 0.1) is 4.92 Å². The Morgan fingerprint density at radius 3 is 2.68 bits per heavy atom. The van der Waals surface area contributed by atoms with Crippen LogP contribution in [0, 0.1) is 10.1 Å². The molecule has 0 saturated heterocycles. The second-order valence-corrected chi connectivity index (χ2v) is 5.75. The summed E-state index contributed by atoms with van der Waals surface area (Å²) in [6.07, 6.45) is 1.48. The predicted molar refractivity (Wildman–Crippen MR) is 68.0 cm³/mol. The fourth-order valence-corrected chi connectivity index (χ4v) is 1.97. The Balaban J connectivity index is 2.27. The average Bonchev–Trinajstić information content (AvgIpc) is 2.77. The van der Waals surface area contributed by atoms with E-state index in [0.29, 0.717) is 5.89 Å². The summed E-state index contributed by atoms with van der Waals surface area (Å²) in [5.74, 6) is 0.480. The summed E-state index contributed by atoms with van der Waals surface area (Å²) in [6, 6.07) is 2.90. The number of rotatable bonds is 3. The molecule has 0 aromatic carbocycles. The summed E-state index contributed by atoms with van der Waals surface area (Å²) in [4.78, 5) is 14.3. The SMILES string of the molecule is CC(C)(C)c1nnc(Sc2ncccc2[N+](=O)[O-])o1. The molecule has 0 spiro atoms. The van der Waals surface area contributed by atoms with Gasteiger partial charge in [0.15, 0.2) is 5.03 Å². The molecule has 0 unspecified atom stereocenters. The van der Waals surface area contributed by atoms with Crippen LogP contribution in [0.25, 0.3) is 0 Å². The highest BCUT2D eigenvalue weighted by molar-refractivity contribution is 7.99. The van der Waals surface area contributed by atoms with Gasteiger partial charge in [0.25, 0.3) is 5.22 Å². The molecular formula is C11H12N4O3S. The van der Waals surface area contributed by atoms with Gasteiger partial charge in [-0.25, -0.2) is 4.98 Å². The molecule has 0 amide bonds. The number of pyridine rings is 1. The zero-order valence-electron chi connectivity index (χ0n) is 10.7. The molecule has 0 aliphatic rings. The van der Waals surface area contributed by atoms with Crippen LogP contribution in [0.2, 0.25) is 0 Å². The lowest BCUT2D eigenvalue weighted by molar-refractivity contribution is -0.388. The second kappa shape index (κ2) is 4.96. The molecule has 8 heteroatoms. The van der Waals surface area contributed by atoms with E-state index in [0.717, 1.165) is 11.8 Å². The fraction of sp³-hybridized carbons (Fsp3) is 0.364. The molecule has 0 atom stereocenters. The van der Waals surface area contributed by atoms with Gasteiger partial charge in [-0.1, -0.05) is 20.8 Å². The van der Waals surface area contributed by atoms with Crippen molar-refractivity contribution >= 4 is 17.4 Å². The van der Waals surface area contributed by atoms with E-state index in [2.05, 4.69) is 15.2 Å². The lowest BCUT2D eigenvalue weighted by atomic mass is 9.97. The second-order valence-electron chi connectivity index (χ2n) is 4.81. The molecule has 0 aliphatic heterocycles. The van der Waals surface area contributed by atoms with Crippen molar-refractivity contribution in [2.75, 3.05) is 0 Å². The quantitative estimate of drug-likeness (QED) is 0.630. The molecule has 2 rings (SSSR count). The first-order valence-corrected chi connectivity index (χ1v) is 6.31. The lowest BCUT2D eigenvalue weighted by Gasteiger charge is -2.10. The van der Waals surface area contributed by atoms with Crippen molar-refractivity contribution in [2.45, 2.75) is 36.4 Å². The Hall–Kier alpha value is -1.96. The molecule has 0 bridgehead atoms. The van der Waals surface area contributed by atoms with Crippen molar-refractivity contribution < 1.29 is 9.34 Å². The smallest absolute Gasteiger partial charge is 0.301 e. The van der Waals surface area contributed by atoms with Crippen LogP contribution in [0.15, 0.2) is 33.0 Å². The molecule has 100 valence electrons. The Morgan fingerprint density at radius 1 is 1.37 bits per heavy atom. The largest absolute Gasteiger partial charge is 0.415 e. The molecule has 2 aromatic heterocycles. The van der Waals surface area contributed by atoms with E-state index in [9.17, 15) is 10.1 Å². The monoisotopic (exact) mass is 280 g/mol. The number of nitrogens with zero attached hydrogens (tertiary/aromatic N) is 4. The minimum Gasteiger partial charge on any atom is -0.415 e. The maximum atomic E-state index is 10.9. The van der Waals surface area contributed by atoms with Gasteiger partial charge >= 0.3 is 5.69 Å². The van der Waals surface area contributed by atoms with Crippen molar-refractivity contribution in [1.29, 1.82) is 0 Å². The first-order chi connectivity index (χ1) is 8.88. The van der Waals surface area contributed by atoms with Crippen molar-refractivity contribution in [1.82, 2.24) is 15.2 Å². The Bertz CT molecular complexity index is 606. The molecule has 0 N–H and O–H groups in total. The average molecular weight is 280 g/mol. The number of hydrogen-bond acceptors (Lipinski definition) is 7. The van der Waals surface area contributed by atoms with Gasteiger partial charge in [0.1, 0.15) is 0 Å². The van der Waals surface area contributed by atoms with Crippen molar-refractivity contribution in [3.63, 3.8) is 0 Å².